The molecular formula is C25H23N3O5S. The molecule has 0 unspecified atom stereocenters. The number of hydrogen-bond acceptors (Lipinski definition) is 5. The molecule has 2 amide bonds. The topological polar surface area (TPSA) is 109 Å². The molecule has 3 aromatic carbocycles. The van der Waals surface area contributed by atoms with Crippen molar-refractivity contribution >= 4 is 43.6 Å². The molecule has 0 bridgehead atoms. The summed E-state index contributed by atoms with van der Waals surface area (Å²) in [6.45, 7) is 1.02. The third kappa shape index (κ3) is 4.15. The van der Waals surface area contributed by atoms with Crippen LogP contribution in [0.1, 0.15) is 28.8 Å². The molecule has 2 heterocycles. The van der Waals surface area contributed by atoms with E-state index in [9.17, 15) is 18.0 Å². The van der Waals surface area contributed by atoms with E-state index in [2.05, 4.69) is 10.9 Å². The highest BCUT2D eigenvalue weighted by molar-refractivity contribution is 7.89. The molecule has 0 spiro atoms. The first-order chi connectivity index (χ1) is 16.4. The number of furan rings is 1. The van der Waals surface area contributed by atoms with Gasteiger partial charge in [-0.2, -0.15) is 4.31 Å². The van der Waals surface area contributed by atoms with Crippen molar-refractivity contribution in [2.45, 2.75) is 24.2 Å². The van der Waals surface area contributed by atoms with Crippen LogP contribution in [0.2, 0.25) is 0 Å². The number of fused-ring (bicyclic) bond motifs is 3. The first kappa shape index (κ1) is 22.1. The highest BCUT2D eigenvalue weighted by Gasteiger charge is 2.27. The lowest BCUT2D eigenvalue weighted by atomic mass is 10.0. The molecule has 0 saturated carbocycles. The standard InChI is InChI=1S/C25H23N3O5S/c29-23(15-19-16-33-22-12-9-17-5-1-2-6-21(17)24(19)22)26-27-25(30)18-7-10-20(11-8-18)34(31,32)28-13-3-4-14-28/h1-2,5-12,16H,3-4,13-15H2,(H,26,29)(H,27,30). The fraction of sp³-hybridized carbons (Fsp3) is 0.200. The lowest BCUT2D eigenvalue weighted by Gasteiger charge is -2.15. The van der Waals surface area contributed by atoms with Gasteiger partial charge in [-0.15, -0.1) is 0 Å². The average Bonchev–Trinajstić information content (AvgIpc) is 3.54. The average molecular weight is 478 g/mol. The van der Waals surface area contributed by atoms with Crippen molar-refractivity contribution in [3.05, 3.63) is 78.1 Å². The maximum Gasteiger partial charge on any atom is 0.269 e. The van der Waals surface area contributed by atoms with Crippen molar-refractivity contribution in [1.82, 2.24) is 15.2 Å². The fourth-order valence-electron chi connectivity index (χ4n) is 4.28. The number of hydrogen-bond donors (Lipinski definition) is 2. The molecule has 0 radical (unpaired) electrons. The number of carbonyl (C=O) groups excluding carboxylic acids is 2. The van der Waals surface area contributed by atoms with Gasteiger partial charge < -0.3 is 4.42 Å². The summed E-state index contributed by atoms with van der Waals surface area (Å²) in [6, 6.07) is 17.4. The van der Waals surface area contributed by atoms with Crippen LogP contribution in [0.5, 0.6) is 0 Å². The minimum atomic E-state index is -3.55. The zero-order valence-corrected chi connectivity index (χ0v) is 19.1. The molecule has 174 valence electrons. The summed E-state index contributed by atoms with van der Waals surface area (Å²) in [5, 5.41) is 2.90. The molecule has 34 heavy (non-hydrogen) atoms. The Kier molecular flexibility index (Phi) is 5.80. The minimum Gasteiger partial charge on any atom is -0.464 e. The van der Waals surface area contributed by atoms with E-state index in [4.69, 9.17) is 4.42 Å². The van der Waals surface area contributed by atoms with Gasteiger partial charge in [0, 0.05) is 29.6 Å². The first-order valence-electron chi connectivity index (χ1n) is 11.0. The number of sulfonamides is 1. The van der Waals surface area contributed by atoms with Crippen LogP contribution in [0.3, 0.4) is 0 Å². The molecule has 9 heteroatoms. The zero-order valence-electron chi connectivity index (χ0n) is 18.3. The predicted molar refractivity (Wildman–Crippen MR) is 127 cm³/mol. The second kappa shape index (κ2) is 8.92. The second-order valence-corrected chi connectivity index (χ2v) is 10.2. The number of nitrogens with zero attached hydrogens (tertiary/aromatic N) is 1. The molecule has 1 aliphatic heterocycles. The van der Waals surface area contributed by atoms with Gasteiger partial charge in [-0.1, -0.05) is 30.3 Å². The van der Waals surface area contributed by atoms with Gasteiger partial charge in [0.15, 0.2) is 0 Å². The summed E-state index contributed by atoms with van der Waals surface area (Å²) in [5.41, 5.74) is 6.44. The SMILES string of the molecule is O=C(Cc1coc2ccc3ccccc3c12)NNC(=O)c1ccc(S(=O)(=O)N2CCCC2)cc1. The van der Waals surface area contributed by atoms with Crippen molar-refractivity contribution in [3.8, 4) is 0 Å². The lowest BCUT2D eigenvalue weighted by Crippen LogP contribution is -2.42. The Morgan fingerprint density at radius 2 is 1.65 bits per heavy atom. The number of benzene rings is 3. The van der Waals surface area contributed by atoms with Crippen LogP contribution >= 0.6 is 0 Å². The summed E-state index contributed by atoms with van der Waals surface area (Å²) in [7, 11) is -3.55. The quantitative estimate of drug-likeness (QED) is 0.429. The van der Waals surface area contributed by atoms with Crippen molar-refractivity contribution in [2.24, 2.45) is 0 Å². The van der Waals surface area contributed by atoms with Gasteiger partial charge in [-0.3, -0.25) is 20.4 Å². The molecule has 1 aromatic heterocycles. The maximum atomic E-state index is 12.6. The largest absolute Gasteiger partial charge is 0.464 e. The summed E-state index contributed by atoms with van der Waals surface area (Å²) >= 11 is 0. The van der Waals surface area contributed by atoms with Crippen LogP contribution in [0, 0.1) is 0 Å². The van der Waals surface area contributed by atoms with E-state index in [0.717, 1.165) is 34.6 Å². The monoisotopic (exact) mass is 477 g/mol. The van der Waals surface area contributed by atoms with E-state index in [-0.39, 0.29) is 16.9 Å². The molecule has 8 nitrogen and oxygen atoms in total. The fourth-order valence-corrected chi connectivity index (χ4v) is 5.79. The first-order valence-corrected chi connectivity index (χ1v) is 12.4. The van der Waals surface area contributed by atoms with Crippen molar-refractivity contribution in [1.29, 1.82) is 0 Å². The summed E-state index contributed by atoms with van der Waals surface area (Å²) in [4.78, 5) is 25.1. The van der Waals surface area contributed by atoms with Gasteiger partial charge >= 0.3 is 0 Å². The zero-order chi connectivity index (χ0) is 23.7. The van der Waals surface area contributed by atoms with Gasteiger partial charge in [0.1, 0.15) is 5.58 Å². The third-order valence-electron chi connectivity index (χ3n) is 6.03. The molecular weight excluding hydrogens is 454 g/mol. The van der Waals surface area contributed by atoms with Gasteiger partial charge in [0.05, 0.1) is 17.6 Å². The van der Waals surface area contributed by atoms with Crippen molar-refractivity contribution in [2.75, 3.05) is 13.1 Å². The Balaban J connectivity index is 1.24. The Morgan fingerprint density at radius 1 is 0.912 bits per heavy atom. The molecule has 1 fully saturated rings. The summed E-state index contributed by atoms with van der Waals surface area (Å²) in [6.07, 6.45) is 3.28. The van der Waals surface area contributed by atoms with E-state index < -0.39 is 21.8 Å². The Morgan fingerprint density at radius 3 is 2.41 bits per heavy atom. The highest BCUT2D eigenvalue weighted by Crippen LogP contribution is 2.30. The molecule has 1 saturated heterocycles. The molecule has 1 aliphatic rings. The normalized spacial score (nSPS) is 14.5. The van der Waals surface area contributed by atoms with Crippen molar-refractivity contribution in [3.63, 3.8) is 0 Å². The Bertz CT molecular complexity index is 1490. The second-order valence-electron chi connectivity index (χ2n) is 8.24. The van der Waals surface area contributed by atoms with Crippen molar-refractivity contribution < 1.29 is 22.4 Å². The minimum absolute atomic E-state index is 0.0221. The van der Waals surface area contributed by atoms with Crippen LogP contribution < -0.4 is 10.9 Å². The van der Waals surface area contributed by atoms with Crippen LogP contribution in [0.4, 0.5) is 0 Å². The smallest absolute Gasteiger partial charge is 0.269 e. The Hall–Kier alpha value is -3.69. The lowest BCUT2D eigenvalue weighted by molar-refractivity contribution is -0.121. The number of carbonyl (C=O) groups is 2. The number of hydrazine groups is 1. The highest BCUT2D eigenvalue weighted by atomic mass is 32.2. The number of amides is 2. The van der Waals surface area contributed by atoms with Crippen LogP contribution in [0.15, 0.2) is 76.2 Å². The van der Waals surface area contributed by atoms with E-state index in [1.807, 2.05) is 36.4 Å². The van der Waals surface area contributed by atoms with E-state index in [0.29, 0.717) is 18.7 Å². The molecule has 4 aromatic rings. The van der Waals surface area contributed by atoms with Gasteiger partial charge in [0.2, 0.25) is 15.9 Å². The van der Waals surface area contributed by atoms with Gasteiger partial charge in [0.25, 0.3) is 5.91 Å². The predicted octanol–water partition coefficient (Wildman–Crippen LogP) is 3.37. The van der Waals surface area contributed by atoms with E-state index in [1.165, 1.54) is 28.6 Å². The molecule has 2 N–H and O–H groups in total. The molecule has 0 aliphatic carbocycles. The van der Waals surface area contributed by atoms with Gasteiger partial charge in [-0.25, -0.2) is 8.42 Å². The maximum absolute atomic E-state index is 12.6. The summed E-state index contributed by atoms with van der Waals surface area (Å²) in [5.74, 6) is -0.946. The number of rotatable bonds is 5. The molecule has 5 rings (SSSR count). The van der Waals surface area contributed by atoms with Gasteiger partial charge in [-0.05, 0) is 53.9 Å². The van der Waals surface area contributed by atoms with Crippen LogP contribution in [-0.2, 0) is 21.2 Å². The Labute approximate surface area is 196 Å². The van der Waals surface area contributed by atoms with E-state index >= 15 is 0 Å². The third-order valence-corrected chi connectivity index (χ3v) is 7.94. The van der Waals surface area contributed by atoms with Crippen LogP contribution in [-0.4, -0.2) is 37.6 Å². The number of nitrogens with one attached hydrogen (secondary N) is 2. The molecule has 0 atom stereocenters. The van der Waals surface area contributed by atoms with Crippen LogP contribution in [0.25, 0.3) is 21.7 Å². The van der Waals surface area contributed by atoms with E-state index in [1.54, 1.807) is 6.26 Å². The summed E-state index contributed by atoms with van der Waals surface area (Å²) < 4.78 is 32.3.